The van der Waals surface area contributed by atoms with Crippen molar-refractivity contribution in [3.63, 3.8) is 0 Å². The van der Waals surface area contributed by atoms with E-state index in [0.29, 0.717) is 18.3 Å². The Morgan fingerprint density at radius 1 is 1.05 bits per heavy atom. The monoisotopic (exact) mass is 313 g/mol. The molecule has 0 N–H and O–H groups in total. The normalized spacial score (nSPS) is 10.7. The minimum atomic E-state index is 0.107. The van der Waals surface area contributed by atoms with Crippen molar-refractivity contribution < 1.29 is 4.79 Å². The zero-order chi connectivity index (χ0) is 15.9. The number of benzene rings is 2. The lowest BCUT2D eigenvalue weighted by atomic mass is 10.1. The van der Waals surface area contributed by atoms with Crippen LogP contribution in [0, 0.1) is 0 Å². The number of amides is 1. The SMILES string of the molecule is CCN(Cc1ccccc1)C(=O)c1ccccc1SC(C)C. The van der Waals surface area contributed by atoms with E-state index in [9.17, 15) is 4.79 Å². The fraction of sp³-hybridized carbons (Fsp3) is 0.316. The van der Waals surface area contributed by atoms with Gasteiger partial charge in [-0.15, -0.1) is 11.8 Å². The second-order valence-electron chi connectivity index (χ2n) is 5.47. The van der Waals surface area contributed by atoms with Gasteiger partial charge in [0.15, 0.2) is 0 Å². The first-order valence-electron chi connectivity index (χ1n) is 7.70. The Kier molecular flexibility index (Phi) is 6.08. The molecule has 0 atom stereocenters. The average molecular weight is 313 g/mol. The van der Waals surface area contributed by atoms with Gasteiger partial charge >= 0.3 is 0 Å². The van der Waals surface area contributed by atoms with Crippen LogP contribution in [0.5, 0.6) is 0 Å². The maximum absolute atomic E-state index is 12.9. The van der Waals surface area contributed by atoms with Crippen LogP contribution in [0.1, 0.15) is 36.7 Å². The van der Waals surface area contributed by atoms with Crippen LogP contribution in [0.25, 0.3) is 0 Å². The van der Waals surface area contributed by atoms with Crippen LogP contribution in [0.2, 0.25) is 0 Å². The highest BCUT2D eigenvalue weighted by Crippen LogP contribution is 2.27. The fourth-order valence-corrected chi connectivity index (χ4v) is 3.25. The molecule has 116 valence electrons. The summed E-state index contributed by atoms with van der Waals surface area (Å²) in [5.74, 6) is 0.107. The van der Waals surface area contributed by atoms with Crippen LogP contribution < -0.4 is 0 Å². The molecule has 1 amide bonds. The summed E-state index contributed by atoms with van der Waals surface area (Å²) < 4.78 is 0. The Bertz CT molecular complexity index is 610. The lowest BCUT2D eigenvalue weighted by Gasteiger charge is -2.22. The summed E-state index contributed by atoms with van der Waals surface area (Å²) in [4.78, 5) is 15.9. The first kappa shape index (κ1) is 16.6. The lowest BCUT2D eigenvalue weighted by Crippen LogP contribution is -2.30. The van der Waals surface area contributed by atoms with Gasteiger partial charge in [-0.3, -0.25) is 4.79 Å². The van der Waals surface area contributed by atoms with Crippen molar-refractivity contribution in [1.29, 1.82) is 0 Å². The molecule has 0 aliphatic rings. The summed E-state index contributed by atoms with van der Waals surface area (Å²) in [5, 5.41) is 0.457. The number of hydrogen-bond donors (Lipinski definition) is 0. The predicted octanol–water partition coefficient (Wildman–Crippen LogP) is 4.85. The van der Waals surface area contributed by atoms with Crippen molar-refractivity contribution in [1.82, 2.24) is 4.90 Å². The molecule has 0 spiro atoms. The van der Waals surface area contributed by atoms with Gasteiger partial charge in [-0.25, -0.2) is 0 Å². The van der Waals surface area contributed by atoms with Crippen molar-refractivity contribution in [3.05, 3.63) is 65.7 Å². The Hall–Kier alpha value is -1.74. The van der Waals surface area contributed by atoms with E-state index in [1.165, 1.54) is 0 Å². The van der Waals surface area contributed by atoms with E-state index >= 15 is 0 Å². The van der Waals surface area contributed by atoms with Crippen molar-refractivity contribution in [3.8, 4) is 0 Å². The first-order valence-corrected chi connectivity index (χ1v) is 8.58. The van der Waals surface area contributed by atoms with E-state index in [-0.39, 0.29) is 5.91 Å². The summed E-state index contributed by atoms with van der Waals surface area (Å²) in [6.07, 6.45) is 0. The van der Waals surface area contributed by atoms with Gasteiger partial charge < -0.3 is 4.90 Å². The van der Waals surface area contributed by atoms with Crippen molar-refractivity contribution in [2.75, 3.05) is 6.54 Å². The quantitative estimate of drug-likeness (QED) is 0.711. The van der Waals surface area contributed by atoms with Gasteiger partial charge in [0.1, 0.15) is 0 Å². The Labute approximate surface area is 137 Å². The topological polar surface area (TPSA) is 20.3 Å². The molecule has 22 heavy (non-hydrogen) atoms. The molecule has 0 saturated heterocycles. The summed E-state index contributed by atoms with van der Waals surface area (Å²) in [7, 11) is 0. The fourth-order valence-electron chi connectivity index (χ4n) is 2.30. The minimum Gasteiger partial charge on any atom is -0.335 e. The van der Waals surface area contributed by atoms with Crippen LogP contribution in [-0.4, -0.2) is 22.6 Å². The highest BCUT2D eigenvalue weighted by molar-refractivity contribution is 8.00. The van der Waals surface area contributed by atoms with Gasteiger partial charge in [-0.1, -0.05) is 56.3 Å². The van der Waals surface area contributed by atoms with Gasteiger partial charge in [-0.2, -0.15) is 0 Å². The summed E-state index contributed by atoms with van der Waals surface area (Å²) >= 11 is 1.74. The molecule has 0 heterocycles. The predicted molar refractivity (Wildman–Crippen MR) is 94.3 cm³/mol. The third kappa shape index (κ3) is 4.38. The van der Waals surface area contributed by atoms with E-state index in [1.54, 1.807) is 11.8 Å². The molecule has 0 aliphatic heterocycles. The first-order chi connectivity index (χ1) is 10.6. The Balaban J connectivity index is 2.21. The molecule has 2 aromatic carbocycles. The largest absolute Gasteiger partial charge is 0.335 e. The molecule has 2 nitrogen and oxygen atoms in total. The molecule has 0 fully saturated rings. The number of rotatable bonds is 6. The van der Waals surface area contributed by atoms with Crippen molar-refractivity contribution in [2.45, 2.75) is 37.5 Å². The van der Waals surface area contributed by atoms with Crippen LogP contribution in [0.15, 0.2) is 59.5 Å². The van der Waals surface area contributed by atoms with E-state index in [0.717, 1.165) is 16.0 Å². The Morgan fingerprint density at radius 3 is 2.32 bits per heavy atom. The molecule has 0 unspecified atom stereocenters. The smallest absolute Gasteiger partial charge is 0.255 e. The summed E-state index contributed by atoms with van der Waals surface area (Å²) in [5.41, 5.74) is 1.96. The molecule has 0 aliphatic carbocycles. The summed E-state index contributed by atoms with van der Waals surface area (Å²) in [6, 6.07) is 18.0. The molecule has 0 saturated carbocycles. The van der Waals surface area contributed by atoms with E-state index in [1.807, 2.05) is 54.3 Å². The molecule has 2 aromatic rings. The van der Waals surface area contributed by atoms with Gasteiger partial charge in [0.2, 0.25) is 0 Å². The Morgan fingerprint density at radius 2 is 1.68 bits per heavy atom. The molecule has 0 aromatic heterocycles. The number of thioether (sulfide) groups is 1. The molecule has 0 radical (unpaired) electrons. The van der Waals surface area contributed by atoms with E-state index in [4.69, 9.17) is 0 Å². The minimum absolute atomic E-state index is 0.107. The molecular formula is C19H23NOS. The maximum atomic E-state index is 12.9. The number of nitrogens with zero attached hydrogens (tertiary/aromatic N) is 1. The van der Waals surface area contributed by atoms with Gasteiger partial charge in [0, 0.05) is 23.2 Å². The number of carbonyl (C=O) groups is 1. The molecule has 2 rings (SSSR count). The number of hydrogen-bond acceptors (Lipinski definition) is 2. The van der Waals surface area contributed by atoms with Crippen molar-refractivity contribution in [2.24, 2.45) is 0 Å². The molecular weight excluding hydrogens is 290 g/mol. The average Bonchev–Trinajstić information content (AvgIpc) is 2.53. The van der Waals surface area contributed by atoms with Crippen molar-refractivity contribution >= 4 is 17.7 Å². The van der Waals surface area contributed by atoms with Gasteiger partial charge in [-0.05, 0) is 24.6 Å². The van der Waals surface area contributed by atoms with Crippen LogP contribution >= 0.6 is 11.8 Å². The third-order valence-corrected chi connectivity index (χ3v) is 4.45. The van der Waals surface area contributed by atoms with E-state index < -0.39 is 0 Å². The van der Waals surface area contributed by atoms with Gasteiger partial charge in [0.25, 0.3) is 5.91 Å². The van der Waals surface area contributed by atoms with Gasteiger partial charge in [0.05, 0.1) is 5.56 Å². The van der Waals surface area contributed by atoms with E-state index in [2.05, 4.69) is 26.0 Å². The van der Waals surface area contributed by atoms with Crippen LogP contribution in [-0.2, 0) is 6.54 Å². The second-order valence-corrected chi connectivity index (χ2v) is 7.09. The molecule has 3 heteroatoms. The summed E-state index contributed by atoms with van der Waals surface area (Å²) in [6.45, 7) is 7.67. The zero-order valence-corrected chi connectivity index (χ0v) is 14.3. The zero-order valence-electron chi connectivity index (χ0n) is 13.5. The third-order valence-electron chi connectivity index (χ3n) is 3.37. The highest BCUT2D eigenvalue weighted by Gasteiger charge is 2.18. The van der Waals surface area contributed by atoms with Crippen LogP contribution in [0.3, 0.4) is 0 Å². The second kappa shape index (κ2) is 8.04. The standard InChI is InChI=1S/C19H23NOS/c1-4-20(14-16-10-6-5-7-11-16)19(21)17-12-8-9-13-18(17)22-15(2)3/h5-13,15H,4,14H2,1-3H3. The maximum Gasteiger partial charge on any atom is 0.255 e. The van der Waals surface area contributed by atoms with Crippen LogP contribution in [0.4, 0.5) is 0 Å². The number of carbonyl (C=O) groups excluding carboxylic acids is 1. The lowest BCUT2D eigenvalue weighted by molar-refractivity contribution is 0.0749. The molecule has 0 bridgehead atoms. The highest BCUT2D eigenvalue weighted by atomic mass is 32.2.